The van der Waals surface area contributed by atoms with Crippen LogP contribution in [0.15, 0.2) is 40.8 Å². The number of furan rings is 1. The van der Waals surface area contributed by atoms with E-state index in [4.69, 9.17) is 27.6 Å². The number of hydrogen-bond acceptors (Lipinski definition) is 4. The zero-order chi connectivity index (χ0) is 15.7. The first kappa shape index (κ1) is 14.6. The molecule has 7 heteroatoms. The second-order valence-corrected chi connectivity index (χ2v) is 5.30. The lowest BCUT2D eigenvalue weighted by atomic mass is 10.2. The van der Waals surface area contributed by atoms with Gasteiger partial charge < -0.3 is 4.42 Å². The molecule has 1 aromatic carbocycles. The average Bonchev–Trinajstić information content (AvgIpc) is 2.93. The summed E-state index contributed by atoms with van der Waals surface area (Å²) in [5.74, 6) is 0.0479. The Kier molecular flexibility index (Phi) is 3.83. The monoisotopic (exact) mass is 334 g/mol. The molecule has 5 nitrogen and oxygen atoms in total. The molecule has 0 unspecified atom stereocenters. The van der Waals surface area contributed by atoms with Gasteiger partial charge in [-0.2, -0.15) is 0 Å². The first-order valence-corrected chi connectivity index (χ1v) is 6.96. The molecular weight excluding hydrogens is 327 g/mol. The highest BCUT2D eigenvalue weighted by atomic mass is 35.5. The van der Waals surface area contributed by atoms with Crippen molar-refractivity contribution in [1.82, 2.24) is 4.98 Å². The van der Waals surface area contributed by atoms with E-state index in [9.17, 15) is 10.1 Å². The minimum atomic E-state index is -0.593. The summed E-state index contributed by atoms with van der Waals surface area (Å²) in [6.45, 7) is 0. The molecule has 0 saturated heterocycles. The van der Waals surface area contributed by atoms with Gasteiger partial charge in [-0.3, -0.25) is 10.1 Å². The molecule has 0 atom stereocenters. The summed E-state index contributed by atoms with van der Waals surface area (Å²) in [4.78, 5) is 14.4. The maximum atomic E-state index is 10.6. The van der Waals surface area contributed by atoms with Crippen molar-refractivity contribution in [1.29, 1.82) is 0 Å². The van der Waals surface area contributed by atoms with Gasteiger partial charge in [0, 0.05) is 10.4 Å². The van der Waals surface area contributed by atoms with E-state index in [0.717, 1.165) is 5.39 Å². The highest BCUT2D eigenvalue weighted by Gasteiger charge is 2.10. The summed E-state index contributed by atoms with van der Waals surface area (Å²) < 4.78 is 5.04. The molecule has 0 radical (unpaired) electrons. The highest BCUT2D eigenvalue weighted by Crippen LogP contribution is 2.26. The first-order valence-electron chi connectivity index (χ1n) is 6.21. The lowest BCUT2D eigenvalue weighted by Crippen LogP contribution is -1.85. The van der Waals surface area contributed by atoms with E-state index in [-0.39, 0.29) is 5.88 Å². The van der Waals surface area contributed by atoms with E-state index >= 15 is 0 Å². The number of hydrogen-bond donors (Lipinski definition) is 0. The van der Waals surface area contributed by atoms with E-state index < -0.39 is 4.92 Å². The molecule has 3 aromatic rings. The van der Waals surface area contributed by atoms with Crippen LogP contribution in [0.1, 0.15) is 11.5 Å². The molecule has 0 aliphatic rings. The minimum Gasteiger partial charge on any atom is -0.401 e. The maximum Gasteiger partial charge on any atom is 0.433 e. The predicted octanol–water partition coefficient (Wildman–Crippen LogP) is 5.21. The number of halogens is 2. The maximum absolute atomic E-state index is 10.6. The Hall–Kier alpha value is -2.37. The summed E-state index contributed by atoms with van der Waals surface area (Å²) in [7, 11) is 0. The van der Waals surface area contributed by atoms with Crippen LogP contribution in [-0.2, 0) is 0 Å². The van der Waals surface area contributed by atoms with Crippen LogP contribution in [-0.4, -0.2) is 9.91 Å². The van der Waals surface area contributed by atoms with Gasteiger partial charge in [0.2, 0.25) is 0 Å². The Morgan fingerprint density at radius 1 is 1.14 bits per heavy atom. The predicted molar refractivity (Wildman–Crippen MR) is 86.1 cm³/mol. The summed E-state index contributed by atoms with van der Waals surface area (Å²) in [6.07, 6.45) is 3.25. The zero-order valence-corrected chi connectivity index (χ0v) is 12.5. The fraction of sp³-hybridized carbons (Fsp3) is 0. The van der Waals surface area contributed by atoms with Gasteiger partial charge in [0.15, 0.2) is 0 Å². The lowest BCUT2D eigenvalue weighted by molar-refractivity contribution is -0.402. The number of benzene rings is 1. The quantitative estimate of drug-likeness (QED) is 0.486. The normalized spacial score (nSPS) is 11.4. The third kappa shape index (κ3) is 2.95. The van der Waals surface area contributed by atoms with Crippen LogP contribution in [0.4, 0.5) is 5.88 Å². The van der Waals surface area contributed by atoms with Crippen molar-refractivity contribution < 1.29 is 9.34 Å². The number of fused-ring (bicyclic) bond motifs is 1. The molecule has 0 N–H and O–H groups in total. The molecule has 2 heterocycles. The van der Waals surface area contributed by atoms with Crippen molar-refractivity contribution in [2.45, 2.75) is 0 Å². The van der Waals surface area contributed by atoms with Crippen molar-refractivity contribution in [2.24, 2.45) is 0 Å². The van der Waals surface area contributed by atoms with E-state index in [1.807, 2.05) is 0 Å². The Bertz CT molecular complexity index is 903. The largest absolute Gasteiger partial charge is 0.433 e. The van der Waals surface area contributed by atoms with Crippen LogP contribution in [0.5, 0.6) is 0 Å². The number of nitrogens with zero attached hydrogens (tertiary/aromatic N) is 2. The van der Waals surface area contributed by atoms with Crippen molar-refractivity contribution in [2.75, 3.05) is 0 Å². The van der Waals surface area contributed by atoms with Crippen LogP contribution in [0, 0.1) is 10.1 Å². The van der Waals surface area contributed by atoms with Gasteiger partial charge in [0.1, 0.15) is 10.7 Å². The molecule has 0 spiro atoms. The molecule has 22 heavy (non-hydrogen) atoms. The summed E-state index contributed by atoms with van der Waals surface area (Å²) >= 11 is 12.2. The van der Waals surface area contributed by atoms with Crippen LogP contribution in [0.25, 0.3) is 23.1 Å². The summed E-state index contributed by atoms with van der Waals surface area (Å²) in [5.41, 5.74) is 1.27. The van der Waals surface area contributed by atoms with E-state index in [1.54, 1.807) is 36.4 Å². The fourth-order valence-electron chi connectivity index (χ4n) is 1.96. The summed E-state index contributed by atoms with van der Waals surface area (Å²) in [5, 5.41) is 12.5. The summed E-state index contributed by atoms with van der Waals surface area (Å²) in [6, 6.07) is 9.77. The van der Waals surface area contributed by atoms with Gasteiger partial charge >= 0.3 is 5.88 Å². The Morgan fingerprint density at radius 2 is 1.95 bits per heavy atom. The molecule has 0 aliphatic carbocycles. The second-order valence-electron chi connectivity index (χ2n) is 4.46. The molecule has 0 aliphatic heterocycles. The van der Waals surface area contributed by atoms with E-state index in [1.165, 1.54) is 12.1 Å². The van der Waals surface area contributed by atoms with Crippen LogP contribution in [0.3, 0.4) is 0 Å². The average molecular weight is 335 g/mol. The van der Waals surface area contributed by atoms with Crippen LogP contribution < -0.4 is 0 Å². The smallest absolute Gasteiger partial charge is 0.401 e. The number of nitro groups is 1. The van der Waals surface area contributed by atoms with E-state index in [2.05, 4.69) is 4.98 Å². The third-order valence-corrected chi connectivity index (χ3v) is 3.50. The number of rotatable bonds is 3. The lowest BCUT2D eigenvalue weighted by Gasteiger charge is -2.02. The highest BCUT2D eigenvalue weighted by molar-refractivity contribution is 6.36. The van der Waals surface area contributed by atoms with Crippen molar-refractivity contribution in [3.05, 3.63) is 68.0 Å². The molecule has 3 rings (SSSR count). The van der Waals surface area contributed by atoms with Crippen LogP contribution in [0.2, 0.25) is 10.0 Å². The SMILES string of the molecule is O=[N+]([O-])c1ccc(C=Cc2cc(Cl)c3ccc(Cl)cc3n2)o1. The zero-order valence-electron chi connectivity index (χ0n) is 11.0. The molecule has 0 saturated carbocycles. The minimum absolute atomic E-state index is 0.309. The molecular formula is C15H8Cl2N2O3. The molecule has 2 aromatic heterocycles. The Labute approximate surface area is 134 Å². The van der Waals surface area contributed by atoms with Gasteiger partial charge in [0.25, 0.3) is 0 Å². The van der Waals surface area contributed by atoms with Gasteiger partial charge in [-0.05, 0) is 42.5 Å². The Morgan fingerprint density at radius 3 is 2.68 bits per heavy atom. The van der Waals surface area contributed by atoms with Crippen molar-refractivity contribution in [3.8, 4) is 0 Å². The van der Waals surface area contributed by atoms with Gasteiger partial charge in [-0.15, -0.1) is 0 Å². The molecule has 110 valence electrons. The fourth-order valence-corrected chi connectivity index (χ4v) is 2.40. The molecule has 0 bridgehead atoms. The van der Waals surface area contributed by atoms with Gasteiger partial charge in [-0.25, -0.2) is 4.98 Å². The first-order chi connectivity index (χ1) is 10.5. The number of aromatic nitrogens is 1. The third-order valence-electron chi connectivity index (χ3n) is 2.95. The Balaban J connectivity index is 1.95. The van der Waals surface area contributed by atoms with Gasteiger partial charge in [0.05, 0.1) is 22.3 Å². The van der Waals surface area contributed by atoms with E-state index in [0.29, 0.717) is 27.0 Å². The topological polar surface area (TPSA) is 69.2 Å². The number of pyridine rings is 1. The molecule has 0 fully saturated rings. The van der Waals surface area contributed by atoms with Crippen LogP contribution >= 0.6 is 23.2 Å². The molecule has 0 amide bonds. The van der Waals surface area contributed by atoms with Crippen molar-refractivity contribution in [3.63, 3.8) is 0 Å². The second kappa shape index (κ2) is 5.79. The standard InChI is InChI=1S/C15H8Cl2N2O3/c16-9-1-5-12-13(17)8-10(18-14(12)7-9)2-3-11-4-6-15(22-11)19(20)21/h1-8H. The van der Waals surface area contributed by atoms with Crippen molar-refractivity contribution >= 4 is 52.1 Å². The van der Waals surface area contributed by atoms with Gasteiger partial charge in [-0.1, -0.05) is 23.2 Å².